The molecule has 2 aromatic rings. The van der Waals surface area contributed by atoms with E-state index >= 15 is 0 Å². The summed E-state index contributed by atoms with van der Waals surface area (Å²) in [5.41, 5.74) is 2.70. The van der Waals surface area contributed by atoms with E-state index in [0.29, 0.717) is 19.6 Å². The van der Waals surface area contributed by atoms with Gasteiger partial charge in [0.15, 0.2) is 0 Å². The lowest BCUT2D eigenvalue weighted by molar-refractivity contribution is 0.288. The standard InChI is InChI=1S/C16H20N2O4S/c1-11-15(12(2)22-18-11)7-8-17-23(19,20)14-5-6-16-13(10-14)4-3-9-21-16/h5-6,10,17H,3-4,7-9H2,1-2H3. The normalized spacial score (nSPS) is 14.3. The number of hydrogen-bond acceptors (Lipinski definition) is 5. The third-order valence-corrected chi connectivity index (χ3v) is 5.50. The Hall–Kier alpha value is -1.86. The molecule has 3 rings (SSSR count). The lowest BCUT2D eigenvalue weighted by Crippen LogP contribution is -2.26. The van der Waals surface area contributed by atoms with Gasteiger partial charge in [0.25, 0.3) is 0 Å². The van der Waals surface area contributed by atoms with E-state index in [9.17, 15) is 8.42 Å². The van der Waals surface area contributed by atoms with Gasteiger partial charge in [-0.05, 0) is 56.9 Å². The fourth-order valence-electron chi connectivity index (χ4n) is 2.76. The highest BCUT2D eigenvalue weighted by molar-refractivity contribution is 7.89. The second kappa shape index (κ2) is 6.33. The third kappa shape index (κ3) is 3.40. The molecule has 1 N–H and O–H groups in total. The van der Waals surface area contributed by atoms with Crippen molar-refractivity contribution in [2.45, 2.75) is 38.0 Å². The van der Waals surface area contributed by atoms with Gasteiger partial charge >= 0.3 is 0 Å². The summed E-state index contributed by atoms with van der Waals surface area (Å²) in [6, 6.07) is 5.02. The maximum atomic E-state index is 12.4. The maximum absolute atomic E-state index is 12.4. The number of benzene rings is 1. The second-order valence-corrected chi connectivity index (χ2v) is 7.44. The van der Waals surface area contributed by atoms with Crippen molar-refractivity contribution < 1.29 is 17.7 Å². The van der Waals surface area contributed by atoms with Gasteiger partial charge < -0.3 is 9.26 Å². The van der Waals surface area contributed by atoms with Crippen LogP contribution < -0.4 is 9.46 Å². The molecule has 0 atom stereocenters. The zero-order valence-electron chi connectivity index (χ0n) is 13.3. The average Bonchev–Trinajstić information content (AvgIpc) is 2.86. The number of aryl methyl sites for hydroxylation is 3. The minimum Gasteiger partial charge on any atom is -0.493 e. The molecule has 23 heavy (non-hydrogen) atoms. The summed E-state index contributed by atoms with van der Waals surface area (Å²) in [6.07, 6.45) is 2.31. The summed E-state index contributed by atoms with van der Waals surface area (Å²) in [7, 11) is -3.53. The molecule has 1 aromatic heterocycles. The van der Waals surface area contributed by atoms with E-state index in [1.807, 2.05) is 13.8 Å². The maximum Gasteiger partial charge on any atom is 0.240 e. The molecule has 2 heterocycles. The fourth-order valence-corrected chi connectivity index (χ4v) is 3.84. The van der Waals surface area contributed by atoms with Gasteiger partial charge in [-0.25, -0.2) is 13.1 Å². The number of rotatable bonds is 5. The molecule has 0 radical (unpaired) electrons. The highest BCUT2D eigenvalue weighted by Gasteiger charge is 2.18. The van der Waals surface area contributed by atoms with Gasteiger partial charge in [0.1, 0.15) is 11.5 Å². The molecule has 1 aliphatic heterocycles. The smallest absolute Gasteiger partial charge is 0.240 e. The van der Waals surface area contributed by atoms with Gasteiger partial charge in [-0.15, -0.1) is 0 Å². The number of aromatic nitrogens is 1. The Balaban J connectivity index is 1.69. The lowest BCUT2D eigenvalue weighted by Gasteiger charge is -2.18. The molecule has 0 fully saturated rings. The molecule has 7 heteroatoms. The minimum absolute atomic E-state index is 0.278. The largest absolute Gasteiger partial charge is 0.493 e. The van der Waals surface area contributed by atoms with E-state index in [-0.39, 0.29) is 4.90 Å². The summed E-state index contributed by atoms with van der Waals surface area (Å²) >= 11 is 0. The predicted molar refractivity (Wildman–Crippen MR) is 85.1 cm³/mol. The topological polar surface area (TPSA) is 81.4 Å². The zero-order valence-corrected chi connectivity index (χ0v) is 14.1. The van der Waals surface area contributed by atoms with Gasteiger partial charge in [0, 0.05) is 12.1 Å². The first kappa shape index (κ1) is 16.0. The van der Waals surface area contributed by atoms with Crippen LogP contribution in [0.25, 0.3) is 0 Å². The molecule has 0 aliphatic carbocycles. The van der Waals surface area contributed by atoms with Crippen molar-refractivity contribution in [3.63, 3.8) is 0 Å². The van der Waals surface area contributed by atoms with Gasteiger partial charge in [0.05, 0.1) is 17.2 Å². The van der Waals surface area contributed by atoms with E-state index in [2.05, 4.69) is 9.88 Å². The molecular formula is C16H20N2O4S. The Bertz CT molecular complexity index is 792. The first-order valence-electron chi connectivity index (χ1n) is 7.64. The number of fused-ring (bicyclic) bond motifs is 1. The van der Waals surface area contributed by atoms with Crippen LogP contribution in [0, 0.1) is 13.8 Å². The molecule has 0 bridgehead atoms. The molecule has 0 amide bonds. The van der Waals surface area contributed by atoms with Crippen LogP contribution >= 0.6 is 0 Å². The molecule has 0 saturated heterocycles. The molecule has 1 aliphatic rings. The van der Waals surface area contributed by atoms with Crippen LogP contribution in [0.5, 0.6) is 5.75 Å². The van der Waals surface area contributed by atoms with Crippen LogP contribution in [0.3, 0.4) is 0 Å². The molecule has 0 unspecified atom stereocenters. The van der Waals surface area contributed by atoms with Crippen LogP contribution in [0.1, 0.15) is 29.0 Å². The van der Waals surface area contributed by atoms with Crippen LogP contribution in [0.15, 0.2) is 27.6 Å². The Labute approximate surface area is 135 Å². The van der Waals surface area contributed by atoms with Crippen LogP contribution in [0.2, 0.25) is 0 Å². The van der Waals surface area contributed by atoms with E-state index in [0.717, 1.165) is 41.2 Å². The van der Waals surface area contributed by atoms with E-state index < -0.39 is 10.0 Å². The summed E-state index contributed by atoms with van der Waals surface area (Å²) in [5, 5.41) is 3.87. The molecule has 0 spiro atoms. The van der Waals surface area contributed by atoms with Crippen molar-refractivity contribution in [3.05, 3.63) is 40.8 Å². The number of hydrogen-bond donors (Lipinski definition) is 1. The second-order valence-electron chi connectivity index (χ2n) is 5.67. The van der Waals surface area contributed by atoms with Gasteiger partial charge in [0.2, 0.25) is 10.0 Å². The summed E-state index contributed by atoms with van der Waals surface area (Å²) in [5.74, 6) is 1.51. The first-order chi connectivity index (χ1) is 11.0. The van der Waals surface area contributed by atoms with Crippen molar-refractivity contribution in [2.75, 3.05) is 13.2 Å². The van der Waals surface area contributed by atoms with Gasteiger partial charge in [-0.3, -0.25) is 0 Å². The summed E-state index contributed by atoms with van der Waals surface area (Å²) in [6.45, 7) is 4.67. The SMILES string of the molecule is Cc1noc(C)c1CCNS(=O)(=O)c1ccc2c(c1)CCCO2. The van der Waals surface area contributed by atoms with Crippen molar-refractivity contribution in [2.24, 2.45) is 0 Å². The zero-order chi connectivity index (χ0) is 16.4. The highest BCUT2D eigenvalue weighted by Crippen LogP contribution is 2.27. The monoisotopic (exact) mass is 336 g/mol. The molecule has 1 aromatic carbocycles. The molecular weight excluding hydrogens is 316 g/mol. The first-order valence-corrected chi connectivity index (χ1v) is 9.13. The van der Waals surface area contributed by atoms with E-state index in [4.69, 9.17) is 9.26 Å². The summed E-state index contributed by atoms with van der Waals surface area (Å²) < 4.78 is 38.1. The Morgan fingerprint density at radius 3 is 2.87 bits per heavy atom. The van der Waals surface area contributed by atoms with Crippen molar-refractivity contribution >= 4 is 10.0 Å². The Morgan fingerprint density at radius 2 is 2.13 bits per heavy atom. The molecule has 0 saturated carbocycles. The Kier molecular flexibility index (Phi) is 4.41. The number of sulfonamides is 1. The van der Waals surface area contributed by atoms with E-state index in [1.54, 1.807) is 18.2 Å². The minimum atomic E-state index is -3.53. The van der Waals surface area contributed by atoms with E-state index in [1.165, 1.54) is 0 Å². The quantitative estimate of drug-likeness (QED) is 0.904. The number of nitrogens with zero attached hydrogens (tertiary/aromatic N) is 1. The molecule has 6 nitrogen and oxygen atoms in total. The predicted octanol–water partition coefficient (Wildman–Crippen LogP) is 2.14. The van der Waals surface area contributed by atoms with Gasteiger partial charge in [-0.2, -0.15) is 0 Å². The lowest BCUT2D eigenvalue weighted by atomic mass is 10.1. The van der Waals surface area contributed by atoms with Crippen LogP contribution in [-0.2, 0) is 22.9 Å². The van der Waals surface area contributed by atoms with Crippen molar-refractivity contribution in [1.29, 1.82) is 0 Å². The highest BCUT2D eigenvalue weighted by atomic mass is 32.2. The van der Waals surface area contributed by atoms with Crippen LogP contribution in [0.4, 0.5) is 0 Å². The molecule has 124 valence electrons. The summed E-state index contributed by atoms with van der Waals surface area (Å²) in [4.78, 5) is 0.278. The fraction of sp³-hybridized carbons (Fsp3) is 0.438. The van der Waals surface area contributed by atoms with Crippen molar-refractivity contribution in [1.82, 2.24) is 9.88 Å². The van der Waals surface area contributed by atoms with Crippen molar-refractivity contribution in [3.8, 4) is 5.75 Å². The van der Waals surface area contributed by atoms with Crippen LogP contribution in [-0.4, -0.2) is 26.7 Å². The third-order valence-electron chi connectivity index (χ3n) is 4.04. The number of nitrogens with one attached hydrogen (secondary N) is 1. The Morgan fingerprint density at radius 1 is 1.30 bits per heavy atom. The average molecular weight is 336 g/mol. The number of ether oxygens (including phenoxy) is 1. The van der Waals surface area contributed by atoms with Gasteiger partial charge in [-0.1, -0.05) is 5.16 Å².